The van der Waals surface area contributed by atoms with Crippen molar-refractivity contribution in [1.82, 2.24) is 15.0 Å². The topological polar surface area (TPSA) is 71.7 Å². The zero-order valence-corrected chi connectivity index (χ0v) is 28.0. The largest absolute Gasteiger partial charge is 0.496 e. The van der Waals surface area contributed by atoms with Crippen molar-refractivity contribution in [3.8, 4) is 68.2 Å². The molecule has 0 saturated heterocycles. The van der Waals surface area contributed by atoms with Crippen molar-refractivity contribution in [3.05, 3.63) is 132 Å². The second kappa shape index (κ2) is 11.2. The van der Waals surface area contributed by atoms with Gasteiger partial charge in [-0.15, -0.1) is 0 Å². The van der Waals surface area contributed by atoms with E-state index in [4.69, 9.17) is 19.7 Å². The Kier molecular flexibility index (Phi) is 6.58. The van der Waals surface area contributed by atoms with E-state index >= 15 is 0 Å². The molecule has 50 heavy (non-hydrogen) atoms. The summed E-state index contributed by atoms with van der Waals surface area (Å²) in [5, 5.41) is 10.4. The standard InChI is InChI=1S/C45H36N4O/c1-50-40-16-6-5-14-36(40)30-11-7-12-31(24-30)43-47-42(29-9-3-2-4-10-29)48-44(49-43)32-17-18-38-37(25-32)41-33(26-46)13-8-15-39(41)45(38)34-20-27-19-28(22-34)23-35(45)21-27/h2-18,24-25,27-28,34-35H,19-23H2,1H3. The van der Waals surface area contributed by atoms with Gasteiger partial charge in [0.05, 0.1) is 18.7 Å². The second-order valence-corrected chi connectivity index (χ2v) is 14.7. The molecule has 0 atom stereocenters. The Hall–Kier alpha value is -5.60. The number of ether oxygens (including phenoxy) is 1. The van der Waals surface area contributed by atoms with E-state index in [-0.39, 0.29) is 5.41 Å². The molecule has 0 N–H and O–H groups in total. The highest BCUT2D eigenvalue weighted by atomic mass is 16.5. The monoisotopic (exact) mass is 648 g/mol. The van der Waals surface area contributed by atoms with E-state index < -0.39 is 0 Å². The van der Waals surface area contributed by atoms with Gasteiger partial charge in [-0.05, 0) is 102 Å². The molecule has 4 fully saturated rings. The van der Waals surface area contributed by atoms with E-state index in [2.05, 4.69) is 60.7 Å². The summed E-state index contributed by atoms with van der Waals surface area (Å²) in [7, 11) is 1.70. The second-order valence-electron chi connectivity index (χ2n) is 14.7. The number of aromatic nitrogens is 3. The summed E-state index contributed by atoms with van der Waals surface area (Å²) in [6.07, 6.45) is 6.61. The molecule has 5 aliphatic carbocycles. The SMILES string of the molecule is COc1ccccc1-c1cccc(-c2nc(-c3ccccc3)nc(-c3ccc4c(c3)-c3c(C#N)cccc3C43C4CC5CC(C4)CC3C5)n2)c1. The van der Waals surface area contributed by atoms with Gasteiger partial charge in [-0.3, -0.25) is 0 Å². The van der Waals surface area contributed by atoms with Gasteiger partial charge < -0.3 is 4.74 Å². The fourth-order valence-electron chi connectivity index (χ4n) is 10.5. The number of rotatable bonds is 5. The molecule has 6 aromatic rings. The summed E-state index contributed by atoms with van der Waals surface area (Å²) in [6, 6.07) is 42.4. The molecule has 4 bridgehead atoms. The molecule has 1 spiro atoms. The van der Waals surface area contributed by atoms with Crippen molar-refractivity contribution < 1.29 is 4.74 Å². The molecule has 0 unspecified atom stereocenters. The first-order valence-electron chi connectivity index (χ1n) is 17.9. The third-order valence-electron chi connectivity index (χ3n) is 12.3. The average Bonchev–Trinajstić information content (AvgIpc) is 3.47. The Labute approximate surface area is 292 Å². The average molecular weight is 649 g/mol. The van der Waals surface area contributed by atoms with Gasteiger partial charge in [0.1, 0.15) is 5.75 Å². The lowest BCUT2D eigenvalue weighted by molar-refractivity contribution is -0.0399. The van der Waals surface area contributed by atoms with E-state index in [1.54, 1.807) is 7.11 Å². The van der Waals surface area contributed by atoms with Crippen LogP contribution in [0.5, 0.6) is 5.75 Å². The Balaban J connectivity index is 1.15. The number of para-hydroxylation sites is 1. The number of fused-ring (bicyclic) bond motifs is 3. The highest BCUT2D eigenvalue weighted by molar-refractivity contribution is 5.88. The van der Waals surface area contributed by atoms with Gasteiger partial charge in [0.15, 0.2) is 17.5 Å². The third-order valence-corrected chi connectivity index (χ3v) is 12.3. The number of methoxy groups -OCH3 is 1. The van der Waals surface area contributed by atoms with Gasteiger partial charge in [-0.1, -0.05) is 91.0 Å². The first-order valence-corrected chi connectivity index (χ1v) is 17.9. The predicted octanol–water partition coefficient (Wildman–Crippen LogP) is 10.1. The van der Waals surface area contributed by atoms with Crippen LogP contribution in [0.25, 0.3) is 56.4 Å². The molecule has 5 aromatic carbocycles. The lowest BCUT2D eigenvalue weighted by atomic mass is 9.43. The van der Waals surface area contributed by atoms with Gasteiger partial charge >= 0.3 is 0 Å². The van der Waals surface area contributed by atoms with Crippen LogP contribution in [0.1, 0.15) is 48.8 Å². The number of hydrogen-bond donors (Lipinski definition) is 0. The molecule has 0 aliphatic heterocycles. The minimum Gasteiger partial charge on any atom is -0.496 e. The number of benzene rings is 5. The van der Waals surface area contributed by atoms with Gasteiger partial charge in [-0.25, -0.2) is 15.0 Å². The maximum Gasteiger partial charge on any atom is 0.164 e. The lowest BCUT2D eigenvalue weighted by Gasteiger charge is -2.61. The molecule has 5 aliphatic rings. The fourth-order valence-corrected chi connectivity index (χ4v) is 10.5. The minimum atomic E-state index is -0.0120. The quantitative estimate of drug-likeness (QED) is 0.186. The van der Waals surface area contributed by atoms with Crippen molar-refractivity contribution in [3.63, 3.8) is 0 Å². The minimum absolute atomic E-state index is 0.0120. The highest BCUT2D eigenvalue weighted by Gasteiger charge is 2.61. The van der Waals surface area contributed by atoms with Crippen LogP contribution < -0.4 is 4.74 Å². The molecule has 5 nitrogen and oxygen atoms in total. The summed E-state index contributed by atoms with van der Waals surface area (Å²) < 4.78 is 5.69. The van der Waals surface area contributed by atoms with Gasteiger partial charge in [-0.2, -0.15) is 5.26 Å². The molecular weight excluding hydrogens is 613 g/mol. The number of nitriles is 1. The van der Waals surface area contributed by atoms with Crippen molar-refractivity contribution >= 4 is 0 Å². The zero-order chi connectivity index (χ0) is 33.4. The Morgan fingerprint density at radius 1 is 0.580 bits per heavy atom. The van der Waals surface area contributed by atoms with E-state index in [1.807, 2.05) is 60.7 Å². The van der Waals surface area contributed by atoms with Crippen LogP contribution in [-0.2, 0) is 5.41 Å². The molecule has 4 saturated carbocycles. The molecular formula is C45H36N4O. The maximum atomic E-state index is 10.4. The van der Waals surface area contributed by atoms with E-state index in [9.17, 15) is 5.26 Å². The van der Waals surface area contributed by atoms with E-state index in [0.717, 1.165) is 56.5 Å². The molecule has 5 heteroatoms. The van der Waals surface area contributed by atoms with Crippen molar-refractivity contribution in [2.45, 2.75) is 37.5 Å². The summed E-state index contributed by atoms with van der Waals surface area (Å²) >= 11 is 0. The first kappa shape index (κ1) is 29.3. The Morgan fingerprint density at radius 3 is 1.92 bits per heavy atom. The van der Waals surface area contributed by atoms with Crippen molar-refractivity contribution in [2.24, 2.45) is 23.7 Å². The summed E-state index contributed by atoms with van der Waals surface area (Å²) in [4.78, 5) is 15.3. The molecule has 0 amide bonds. The van der Waals surface area contributed by atoms with Crippen molar-refractivity contribution in [2.75, 3.05) is 7.11 Å². The van der Waals surface area contributed by atoms with Gasteiger partial charge in [0, 0.05) is 33.2 Å². The normalized spacial score (nSPS) is 23.8. The molecule has 242 valence electrons. The summed E-state index contributed by atoms with van der Waals surface area (Å²) in [6.45, 7) is 0. The van der Waals surface area contributed by atoms with E-state index in [1.165, 1.54) is 48.8 Å². The van der Waals surface area contributed by atoms with Crippen LogP contribution in [0.2, 0.25) is 0 Å². The zero-order valence-electron chi connectivity index (χ0n) is 28.0. The van der Waals surface area contributed by atoms with Crippen molar-refractivity contribution in [1.29, 1.82) is 5.26 Å². The third kappa shape index (κ3) is 4.27. The molecule has 11 rings (SSSR count). The Bertz CT molecular complexity index is 2330. The Morgan fingerprint density at radius 2 is 1.20 bits per heavy atom. The van der Waals surface area contributed by atoms with Crippen LogP contribution in [0, 0.1) is 35.0 Å². The van der Waals surface area contributed by atoms with Crippen LogP contribution in [0.15, 0.2) is 115 Å². The van der Waals surface area contributed by atoms with Crippen LogP contribution in [0.3, 0.4) is 0 Å². The maximum absolute atomic E-state index is 10.4. The molecule has 1 heterocycles. The van der Waals surface area contributed by atoms with Crippen LogP contribution in [-0.4, -0.2) is 22.1 Å². The van der Waals surface area contributed by atoms with E-state index in [0.29, 0.717) is 29.3 Å². The molecule has 0 radical (unpaired) electrons. The molecule has 1 aromatic heterocycles. The van der Waals surface area contributed by atoms with Gasteiger partial charge in [0.2, 0.25) is 0 Å². The van der Waals surface area contributed by atoms with Gasteiger partial charge in [0.25, 0.3) is 0 Å². The van der Waals surface area contributed by atoms with Crippen LogP contribution >= 0.6 is 0 Å². The first-order chi connectivity index (χ1) is 24.6. The number of hydrogen-bond acceptors (Lipinski definition) is 5. The fraction of sp³-hybridized carbons (Fsp3) is 0.244. The summed E-state index contributed by atoms with van der Waals surface area (Å²) in [5.74, 6) is 5.65. The predicted molar refractivity (Wildman–Crippen MR) is 196 cm³/mol. The smallest absolute Gasteiger partial charge is 0.164 e. The van der Waals surface area contributed by atoms with Crippen LogP contribution in [0.4, 0.5) is 0 Å². The number of nitrogens with zero attached hydrogens (tertiary/aromatic N) is 4. The lowest BCUT2D eigenvalue weighted by Crippen LogP contribution is -2.55. The summed E-state index contributed by atoms with van der Waals surface area (Å²) in [5.41, 5.74) is 10.7. The highest BCUT2D eigenvalue weighted by Crippen LogP contribution is 2.69.